The van der Waals surface area contributed by atoms with Gasteiger partial charge in [0.05, 0.1) is 6.20 Å². The highest BCUT2D eigenvalue weighted by atomic mass is 16.2. The van der Waals surface area contributed by atoms with Crippen LogP contribution >= 0.6 is 0 Å². The van der Waals surface area contributed by atoms with E-state index in [2.05, 4.69) is 34.3 Å². The molecule has 2 heterocycles. The van der Waals surface area contributed by atoms with E-state index in [4.69, 9.17) is 0 Å². The van der Waals surface area contributed by atoms with Crippen LogP contribution in [0.3, 0.4) is 0 Å². The van der Waals surface area contributed by atoms with Crippen molar-refractivity contribution in [1.82, 2.24) is 19.6 Å². The number of carbonyl (C=O) groups excluding carboxylic acids is 1. The van der Waals surface area contributed by atoms with Crippen molar-refractivity contribution in [3.63, 3.8) is 0 Å². The first-order valence-corrected chi connectivity index (χ1v) is 7.29. The van der Waals surface area contributed by atoms with E-state index in [1.165, 1.54) is 10.2 Å². The standard InChI is InChI=1S/C16H20N4O/c1-14-11-17-20(12-14)16(21)19-9-7-18(8-10-19)13-15-5-3-2-4-6-15/h2-6,11-12H,7-10,13H2,1H3. The second kappa shape index (κ2) is 6.10. The lowest BCUT2D eigenvalue weighted by atomic mass is 10.2. The minimum Gasteiger partial charge on any atom is -0.320 e. The Morgan fingerprint density at radius 3 is 2.48 bits per heavy atom. The number of amides is 1. The summed E-state index contributed by atoms with van der Waals surface area (Å²) in [5, 5.41) is 4.09. The lowest BCUT2D eigenvalue weighted by Gasteiger charge is -2.34. The normalized spacial score (nSPS) is 16.1. The molecule has 0 unspecified atom stereocenters. The first-order valence-electron chi connectivity index (χ1n) is 7.29. The van der Waals surface area contributed by atoms with Crippen molar-refractivity contribution < 1.29 is 4.79 Å². The lowest BCUT2D eigenvalue weighted by Crippen LogP contribution is -2.49. The molecule has 1 saturated heterocycles. The predicted octanol–water partition coefficient (Wildman–Crippen LogP) is 1.98. The quantitative estimate of drug-likeness (QED) is 0.846. The summed E-state index contributed by atoms with van der Waals surface area (Å²) >= 11 is 0. The summed E-state index contributed by atoms with van der Waals surface area (Å²) in [5.74, 6) is 0. The van der Waals surface area contributed by atoms with Crippen molar-refractivity contribution in [2.75, 3.05) is 26.2 Å². The molecule has 2 aromatic rings. The number of rotatable bonds is 2. The summed E-state index contributed by atoms with van der Waals surface area (Å²) < 4.78 is 1.43. The summed E-state index contributed by atoms with van der Waals surface area (Å²) in [6, 6.07) is 10.4. The minimum atomic E-state index is -0.0255. The summed E-state index contributed by atoms with van der Waals surface area (Å²) in [6.07, 6.45) is 3.49. The molecular formula is C16H20N4O. The number of aryl methyl sites for hydroxylation is 1. The molecule has 110 valence electrons. The number of hydrogen-bond acceptors (Lipinski definition) is 3. The van der Waals surface area contributed by atoms with Crippen molar-refractivity contribution in [2.45, 2.75) is 13.5 Å². The van der Waals surface area contributed by atoms with Crippen LogP contribution in [-0.2, 0) is 6.54 Å². The van der Waals surface area contributed by atoms with Gasteiger partial charge in [-0.3, -0.25) is 4.90 Å². The van der Waals surface area contributed by atoms with Gasteiger partial charge in [0.25, 0.3) is 0 Å². The third kappa shape index (κ3) is 3.31. The SMILES string of the molecule is Cc1cnn(C(=O)N2CCN(Cc3ccccc3)CC2)c1. The third-order valence-electron chi connectivity index (χ3n) is 3.80. The van der Waals surface area contributed by atoms with Crippen molar-refractivity contribution in [3.8, 4) is 0 Å². The highest BCUT2D eigenvalue weighted by Gasteiger charge is 2.22. The second-order valence-electron chi connectivity index (χ2n) is 5.49. The summed E-state index contributed by atoms with van der Waals surface area (Å²) in [6.45, 7) is 6.20. The zero-order valence-electron chi connectivity index (χ0n) is 12.3. The van der Waals surface area contributed by atoms with Gasteiger partial charge in [0.15, 0.2) is 0 Å². The topological polar surface area (TPSA) is 41.4 Å². The minimum absolute atomic E-state index is 0.0255. The maximum Gasteiger partial charge on any atom is 0.344 e. The van der Waals surface area contributed by atoms with E-state index in [0.717, 1.165) is 38.3 Å². The fourth-order valence-corrected chi connectivity index (χ4v) is 2.60. The fraction of sp³-hybridized carbons (Fsp3) is 0.375. The van der Waals surface area contributed by atoms with E-state index in [1.54, 1.807) is 12.4 Å². The molecule has 0 saturated carbocycles. The van der Waals surface area contributed by atoms with Gasteiger partial charge in [0, 0.05) is 38.9 Å². The molecule has 1 aliphatic rings. The fourth-order valence-electron chi connectivity index (χ4n) is 2.60. The van der Waals surface area contributed by atoms with Crippen LogP contribution in [0.1, 0.15) is 11.1 Å². The molecule has 3 rings (SSSR count). The largest absolute Gasteiger partial charge is 0.344 e. The molecule has 0 bridgehead atoms. The monoisotopic (exact) mass is 284 g/mol. The Labute approximate surface area is 124 Å². The molecule has 0 radical (unpaired) electrons. The van der Waals surface area contributed by atoms with E-state index < -0.39 is 0 Å². The maximum absolute atomic E-state index is 12.3. The Kier molecular flexibility index (Phi) is 4.01. The maximum atomic E-state index is 12.3. The molecule has 1 fully saturated rings. The van der Waals surface area contributed by atoms with Crippen molar-refractivity contribution in [2.24, 2.45) is 0 Å². The third-order valence-corrected chi connectivity index (χ3v) is 3.80. The summed E-state index contributed by atoms with van der Waals surface area (Å²) in [7, 11) is 0. The van der Waals surface area contributed by atoms with Crippen LogP contribution in [0.15, 0.2) is 42.7 Å². The highest BCUT2D eigenvalue weighted by Crippen LogP contribution is 2.09. The lowest BCUT2D eigenvalue weighted by molar-refractivity contribution is 0.134. The molecule has 0 spiro atoms. The van der Waals surface area contributed by atoms with Gasteiger partial charge in [-0.1, -0.05) is 30.3 Å². The summed E-state index contributed by atoms with van der Waals surface area (Å²) in [5.41, 5.74) is 2.33. The highest BCUT2D eigenvalue weighted by molar-refractivity contribution is 5.76. The first kappa shape index (κ1) is 13.8. The Balaban J connectivity index is 1.54. The van der Waals surface area contributed by atoms with Crippen LogP contribution in [-0.4, -0.2) is 51.8 Å². The number of carbonyl (C=O) groups is 1. The number of aromatic nitrogens is 2. The van der Waals surface area contributed by atoms with Crippen molar-refractivity contribution in [3.05, 3.63) is 53.9 Å². The Hall–Kier alpha value is -2.14. The molecule has 1 aliphatic heterocycles. The van der Waals surface area contributed by atoms with Crippen molar-refractivity contribution in [1.29, 1.82) is 0 Å². The molecule has 1 amide bonds. The van der Waals surface area contributed by atoms with Crippen LogP contribution in [0.25, 0.3) is 0 Å². The van der Waals surface area contributed by atoms with E-state index >= 15 is 0 Å². The van der Waals surface area contributed by atoms with Crippen LogP contribution in [0.4, 0.5) is 4.79 Å². The zero-order valence-corrected chi connectivity index (χ0v) is 12.3. The molecular weight excluding hydrogens is 264 g/mol. The van der Waals surface area contributed by atoms with Crippen molar-refractivity contribution >= 4 is 6.03 Å². The second-order valence-corrected chi connectivity index (χ2v) is 5.49. The molecule has 21 heavy (non-hydrogen) atoms. The smallest absolute Gasteiger partial charge is 0.320 e. The number of benzene rings is 1. The Morgan fingerprint density at radius 2 is 1.86 bits per heavy atom. The van der Waals surface area contributed by atoms with Gasteiger partial charge in [-0.2, -0.15) is 9.78 Å². The molecule has 0 atom stereocenters. The van der Waals surface area contributed by atoms with Gasteiger partial charge in [-0.05, 0) is 18.1 Å². The Bertz CT molecular complexity index is 600. The van der Waals surface area contributed by atoms with E-state index in [1.807, 2.05) is 17.9 Å². The molecule has 0 N–H and O–H groups in total. The first-order chi connectivity index (χ1) is 10.2. The van der Waals surface area contributed by atoms with Gasteiger partial charge in [-0.15, -0.1) is 0 Å². The Morgan fingerprint density at radius 1 is 1.14 bits per heavy atom. The van der Waals surface area contributed by atoms with E-state index in [0.29, 0.717) is 0 Å². The van der Waals surface area contributed by atoms with Crippen LogP contribution < -0.4 is 0 Å². The number of nitrogens with zero attached hydrogens (tertiary/aromatic N) is 4. The summed E-state index contributed by atoms with van der Waals surface area (Å²) in [4.78, 5) is 16.5. The van der Waals surface area contributed by atoms with Gasteiger partial charge in [0.2, 0.25) is 0 Å². The van der Waals surface area contributed by atoms with Gasteiger partial charge < -0.3 is 4.90 Å². The van der Waals surface area contributed by atoms with Gasteiger partial charge in [0.1, 0.15) is 0 Å². The molecule has 5 heteroatoms. The van der Waals surface area contributed by atoms with Crippen LogP contribution in [0.2, 0.25) is 0 Å². The average Bonchev–Trinajstić information content (AvgIpc) is 2.95. The van der Waals surface area contributed by atoms with Crippen LogP contribution in [0, 0.1) is 6.92 Å². The van der Waals surface area contributed by atoms with Crippen LogP contribution in [0.5, 0.6) is 0 Å². The predicted molar refractivity (Wildman–Crippen MR) is 81.1 cm³/mol. The average molecular weight is 284 g/mol. The zero-order chi connectivity index (χ0) is 14.7. The molecule has 1 aromatic carbocycles. The molecule has 1 aromatic heterocycles. The number of piperazine rings is 1. The van der Waals surface area contributed by atoms with E-state index in [9.17, 15) is 4.79 Å². The van der Waals surface area contributed by atoms with E-state index in [-0.39, 0.29) is 6.03 Å². The van der Waals surface area contributed by atoms with Gasteiger partial charge in [-0.25, -0.2) is 4.79 Å². The molecule has 5 nitrogen and oxygen atoms in total. The van der Waals surface area contributed by atoms with Gasteiger partial charge >= 0.3 is 6.03 Å². The molecule has 0 aliphatic carbocycles. The number of hydrogen-bond donors (Lipinski definition) is 0.